The molecule has 1 saturated heterocycles. The summed E-state index contributed by atoms with van der Waals surface area (Å²) in [7, 11) is 0. The fraction of sp³-hybridized carbons (Fsp3) is 0.667. The molecular weight excluding hydrogens is 344 g/mol. The largest absolute Gasteiger partial charge is 0.342 e. The molecule has 1 aliphatic carbocycles. The summed E-state index contributed by atoms with van der Waals surface area (Å²) in [5.41, 5.74) is 7.61. The van der Waals surface area contributed by atoms with Crippen molar-refractivity contribution in [1.82, 2.24) is 19.6 Å². The van der Waals surface area contributed by atoms with Gasteiger partial charge < -0.3 is 10.6 Å². The fourth-order valence-electron chi connectivity index (χ4n) is 4.35. The number of nitrogens with zero attached hydrogens (tertiary/aromatic N) is 5. The van der Waals surface area contributed by atoms with Crippen LogP contribution >= 0.6 is 15.9 Å². The number of hydrogen-bond acceptors (Lipinski definition) is 5. The highest BCUT2D eigenvalue weighted by Gasteiger charge is 2.45. The van der Waals surface area contributed by atoms with Crippen molar-refractivity contribution < 1.29 is 0 Å². The Morgan fingerprint density at radius 1 is 1.36 bits per heavy atom. The van der Waals surface area contributed by atoms with Crippen LogP contribution in [0.2, 0.25) is 0 Å². The van der Waals surface area contributed by atoms with E-state index in [0.717, 1.165) is 47.9 Å². The molecule has 0 amide bonds. The van der Waals surface area contributed by atoms with E-state index in [1.807, 2.05) is 10.6 Å². The summed E-state index contributed by atoms with van der Waals surface area (Å²) in [6.45, 7) is 4.34. The molecule has 0 aromatic carbocycles. The van der Waals surface area contributed by atoms with Crippen molar-refractivity contribution in [2.24, 2.45) is 17.1 Å². The van der Waals surface area contributed by atoms with E-state index < -0.39 is 0 Å². The van der Waals surface area contributed by atoms with Gasteiger partial charge >= 0.3 is 0 Å². The number of nitrogens with two attached hydrogens (primary N) is 1. The molecule has 2 fully saturated rings. The minimum absolute atomic E-state index is 0.345. The molecule has 2 aromatic rings. The normalized spacial score (nSPS) is 27.9. The monoisotopic (exact) mass is 364 g/mol. The van der Waals surface area contributed by atoms with Gasteiger partial charge in [0, 0.05) is 25.3 Å². The summed E-state index contributed by atoms with van der Waals surface area (Å²) in [4.78, 5) is 6.92. The van der Waals surface area contributed by atoms with Gasteiger partial charge in [0.15, 0.2) is 5.65 Å². The fourth-order valence-corrected chi connectivity index (χ4v) is 4.72. The van der Waals surface area contributed by atoms with Crippen LogP contribution in [0.3, 0.4) is 0 Å². The minimum Gasteiger partial charge on any atom is -0.342 e. The Balaban J connectivity index is 1.59. The topological polar surface area (TPSA) is 72.3 Å². The zero-order valence-electron chi connectivity index (χ0n) is 12.7. The predicted molar refractivity (Wildman–Crippen MR) is 88.7 cm³/mol. The average molecular weight is 365 g/mol. The third-order valence-electron chi connectivity index (χ3n) is 5.51. The molecule has 4 rings (SSSR count). The molecule has 118 valence electrons. The lowest BCUT2D eigenvalue weighted by molar-refractivity contribution is 0.192. The zero-order valence-corrected chi connectivity index (χ0v) is 14.3. The second-order valence-corrected chi connectivity index (χ2v) is 7.79. The summed E-state index contributed by atoms with van der Waals surface area (Å²) in [6.07, 6.45) is 8.30. The SMILES string of the molecule is CC1C[C@@H](N)C2(CCN(c3ncc(Br)c4nncn34)CC2)C1. The summed E-state index contributed by atoms with van der Waals surface area (Å²) in [6, 6.07) is 0.359. The van der Waals surface area contributed by atoms with E-state index in [2.05, 4.69) is 42.9 Å². The maximum Gasteiger partial charge on any atom is 0.212 e. The first-order chi connectivity index (χ1) is 10.6. The van der Waals surface area contributed by atoms with Gasteiger partial charge in [-0.15, -0.1) is 10.2 Å². The van der Waals surface area contributed by atoms with Gasteiger partial charge in [0.05, 0.1) is 4.47 Å². The average Bonchev–Trinajstić information content (AvgIpc) is 3.08. The second-order valence-electron chi connectivity index (χ2n) is 6.93. The zero-order chi connectivity index (χ0) is 15.3. The Labute approximate surface area is 138 Å². The molecule has 0 radical (unpaired) electrons. The molecule has 7 heteroatoms. The van der Waals surface area contributed by atoms with Crippen molar-refractivity contribution in [2.45, 2.75) is 38.6 Å². The van der Waals surface area contributed by atoms with Crippen LogP contribution in [0.5, 0.6) is 0 Å². The third-order valence-corrected chi connectivity index (χ3v) is 6.07. The maximum absolute atomic E-state index is 6.45. The van der Waals surface area contributed by atoms with Gasteiger partial charge in [-0.05, 0) is 52.9 Å². The van der Waals surface area contributed by atoms with Crippen molar-refractivity contribution in [3.63, 3.8) is 0 Å². The summed E-state index contributed by atoms with van der Waals surface area (Å²) >= 11 is 3.48. The number of halogens is 1. The van der Waals surface area contributed by atoms with E-state index in [1.54, 1.807) is 6.33 Å². The molecular formula is C15H21BrN6. The van der Waals surface area contributed by atoms with Gasteiger partial charge in [0.25, 0.3) is 0 Å². The highest BCUT2D eigenvalue weighted by Crippen LogP contribution is 2.48. The minimum atomic E-state index is 0.345. The smallest absolute Gasteiger partial charge is 0.212 e. The highest BCUT2D eigenvalue weighted by molar-refractivity contribution is 9.10. The Morgan fingerprint density at radius 2 is 2.14 bits per heavy atom. The van der Waals surface area contributed by atoms with Crippen LogP contribution in [0.4, 0.5) is 5.95 Å². The molecule has 1 aliphatic heterocycles. The van der Waals surface area contributed by atoms with E-state index in [-0.39, 0.29) is 0 Å². The number of aromatic nitrogens is 4. The summed E-state index contributed by atoms with van der Waals surface area (Å²) < 4.78 is 2.83. The van der Waals surface area contributed by atoms with E-state index in [1.165, 1.54) is 12.8 Å². The van der Waals surface area contributed by atoms with Crippen LogP contribution in [0, 0.1) is 11.3 Å². The number of fused-ring (bicyclic) bond motifs is 1. The van der Waals surface area contributed by atoms with Gasteiger partial charge in [0.2, 0.25) is 5.95 Å². The molecule has 6 nitrogen and oxygen atoms in total. The molecule has 2 aliphatic rings. The lowest BCUT2D eigenvalue weighted by Gasteiger charge is -2.42. The van der Waals surface area contributed by atoms with Crippen LogP contribution in [-0.4, -0.2) is 38.7 Å². The van der Waals surface area contributed by atoms with Gasteiger partial charge in [-0.2, -0.15) is 0 Å². The van der Waals surface area contributed by atoms with Gasteiger partial charge in [-0.1, -0.05) is 6.92 Å². The van der Waals surface area contributed by atoms with Crippen molar-refractivity contribution in [3.05, 3.63) is 17.0 Å². The molecule has 1 unspecified atom stereocenters. The third kappa shape index (κ3) is 2.13. The van der Waals surface area contributed by atoms with Crippen LogP contribution in [-0.2, 0) is 0 Å². The summed E-state index contributed by atoms with van der Waals surface area (Å²) in [5, 5.41) is 8.15. The van der Waals surface area contributed by atoms with E-state index in [0.29, 0.717) is 11.5 Å². The van der Waals surface area contributed by atoms with E-state index in [4.69, 9.17) is 5.73 Å². The first-order valence-electron chi connectivity index (χ1n) is 7.94. The number of piperidine rings is 1. The van der Waals surface area contributed by atoms with Gasteiger partial charge in [-0.25, -0.2) is 9.38 Å². The van der Waals surface area contributed by atoms with Crippen LogP contribution in [0.15, 0.2) is 17.0 Å². The number of hydrogen-bond donors (Lipinski definition) is 1. The number of anilines is 1. The van der Waals surface area contributed by atoms with Gasteiger partial charge in [0.1, 0.15) is 6.33 Å². The predicted octanol–water partition coefficient (Wildman–Crippen LogP) is 2.23. The van der Waals surface area contributed by atoms with Crippen molar-refractivity contribution in [3.8, 4) is 0 Å². The lowest BCUT2D eigenvalue weighted by atomic mass is 9.74. The van der Waals surface area contributed by atoms with Crippen molar-refractivity contribution >= 4 is 27.5 Å². The molecule has 3 heterocycles. The molecule has 2 aromatic heterocycles. The van der Waals surface area contributed by atoms with Gasteiger partial charge in [-0.3, -0.25) is 0 Å². The molecule has 22 heavy (non-hydrogen) atoms. The Bertz CT molecular complexity index is 690. The molecule has 2 atom stereocenters. The highest BCUT2D eigenvalue weighted by atomic mass is 79.9. The quantitative estimate of drug-likeness (QED) is 0.839. The van der Waals surface area contributed by atoms with E-state index in [9.17, 15) is 0 Å². The second kappa shape index (κ2) is 5.16. The van der Waals surface area contributed by atoms with Crippen molar-refractivity contribution in [1.29, 1.82) is 0 Å². The molecule has 2 N–H and O–H groups in total. The first-order valence-corrected chi connectivity index (χ1v) is 8.73. The standard InChI is InChI=1S/C15H21BrN6/c1-10-6-12(17)15(7-10)2-4-21(5-3-15)14-18-8-11(16)13-20-19-9-22(13)14/h8-10,12H,2-7,17H2,1H3/t10?,12-/m1/s1. The summed E-state index contributed by atoms with van der Waals surface area (Å²) in [5.74, 6) is 1.69. The van der Waals surface area contributed by atoms with Crippen molar-refractivity contribution in [2.75, 3.05) is 18.0 Å². The number of rotatable bonds is 1. The molecule has 0 bridgehead atoms. The van der Waals surface area contributed by atoms with Crippen LogP contribution in [0.25, 0.3) is 5.65 Å². The lowest BCUT2D eigenvalue weighted by Crippen LogP contribution is -2.47. The first kappa shape index (κ1) is 14.4. The molecule has 1 spiro atoms. The maximum atomic E-state index is 6.45. The van der Waals surface area contributed by atoms with Crippen LogP contribution < -0.4 is 10.6 Å². The Kier molecular flexibility index (Phi) is 3.38. The van der Waals surface area contributed by atoms with Crippen LogP contribution in [0.1, 0.15) is 32.6 Å². The Morgan fingerprint density at radius 3 is 2.82 bits per heavy atom. The molecule has 1 saturated carbocycles. The van der Waals surface area contributed by atoms with E-state index >= 15 is 0 Å². The Hall–Kier alpha value is -1.21.